The molecule has 0 aromatic heterocycles. The predicted octanol–water partition coefficient (Wildman–Crippen LogP) is 3.03. The molecule has 0 aliphatic carbocycles. The van der Waals surface area contributed by atoms with Crippen LogP contribution in [-0.4, -0.2) is 10.8 Å². The summed E-state index contributed by atoms with van der Waals surface area (Å²) in [7, 11) is 0. The number of hydrogen-bond acceptors (Lipinski definition) is 4. The molecule has 1 amide bonds. The lowest BCUT2D eigenvalue weighted by Crippen LogP contribution is -2.15. The van der Waals surface area contributed by atoms with Crippen molar-refractivity contribution < 1.29 is 9.72 Å². The second-order valence-electron chi connectivity index (χ2n) is 4.37. The molecule has 0 heterocycles. The van der Waals surface area contributed by atoms with Gasteiger partial charge >= 0.3 is 0 Å². The quantitative estimate of drug-likeness (QED) is 0.690. The fourth-order valence-electron chi connectivity index (χ4n) is 1.96. The third-order valence-corrected chi connectivity index (χ3v) is 2.92. The topological polar surface area (TPSA) is 96.0 Å². The van der Waals surface area contributed by atoms with Gasteiger partial charge in [0.05, 0.1) is 16.6 Å². The van der Waals surface area contributed by atoms with Crippen LogP contribution < -0.4 is 5.32 Å². The Bertz CT molecular complexity index is 763. The number of hydrogen-bond donors (Lipinski definition) is 1. The van der Waals surface area contributed by atoms with Crippen LogP contribution in [0.1, 0.15) is 21.5 Å². The van der Waals surface area contributed by atoms with Gasteiger partial charge in [0.15, 0.2) is 0 Å². The normalized spacial score (nSPS) is 9.71. The van der Waals surface area contributed by atoms with Crippen LogP contribution in [0.3, 0.4) is 0 Å². The largest absolute Gasteiger partial charge is 0.322 e. The zero-order chi connectivity index (χ0) is 15.4. The van der Waals surface area contributed by atoms with E-state index in [9.17, 15) is 14.9 Å². The number of rotatable bonds is 3. The first-order valence-electron chi connectivity index (χ1n) is 6.08. The monoisotopic (exact) mass is 281 g/mol. The molecule has 0 aliphatic heterocycles. The lowest BCUT2D eigenvalue weighted by Gasteiger charge is -2.08. The van der Waals surface area contributed by atoms with Gasteiger partial charge in [0.25, 0.3) is 11.6 Å². The van der Waals surface area contributed by atoms with Crippen LogP contribution in [0.2, 0.25) is 0 Å². The summed E-state index contributed by atoms with van der Waals surface area (Å²) in [6.07, 6.45) is 0. The molecule has 0 saturated carbocycles. The molecular weight excluding hydrogens is 270 g/mol. The van der Waals surface area contributed by atoms with Crippen molar-refractivity contribution >= 4 is 17.3 Å². The number of nitrogens with one attached hydrogen (secondary N) is 1. The van der Waals surface area contributed by atoms with Crippen molar-refractivity contribution in [3.05, 3.63) is 69.3 Å². The molecule has 2 rings (SSSR count). The summed E-state index contributed by atoms with van der Waals surface area (Å²) in [6.45, 7) is 1.63. The highest BCUT2D eigenvalue weighted by Crippen LogP contribution is 2.23. The van der Waals surface area contributed by atoms with E-state index in [1.807, 2.05) is 6.07 Å². The SMILES string of the molecule is Cc1cccc([N+](=O)[O-])c1C(=O)Nc1cccc(C#N)c1. The van der Waals surface area contributed by atoms with Gasteiger partial charge in [-0.1, -0.05) is 18.2 Å². The summed E-state index contributed by atoms with van der Waals surface area (Å²) in [4.78, 5) is 22.7. The van der Waals surface area contributed by atoms with Gasteiger partial charge in [-0.05, 0) is 30.7 Å². The van der Waals surface area contributed by atoms with E-state index in [1.165, 1.54) is 18.2 Å². The third-order valence-electron chi connectivity index (χ3n) is 2.92. The smallest absolute Gasteiger partial charge is 0.282 e. The summed E-state index contributed by atoms with van der Waals surface area (Å²) < 4.78 is 0. The van der Waals surface area contributed by atoms with E-state index in [2.05, 4.69) is 5.32 Å². The number of amides is 1. The zero-order valence-corrected chi connectivity index (χ0v) is 11.2. The van der Waals surface area contributed by atoms with Gasteiger partial charge in [0.2, 0.25) is 0 Å². The van der Waals surface area contributed by atoms with Crippen LogP contribution >= 0.6 is 0 Å². The maximum absolute atomic E-state index is 12.3. The van der Waals surface area contributed by atoms with Gasteiger partial charge in [-0.15, -0.1) is 0 Å². The Labute approximate surface area is 120 Å². The van der Waals surface area contributed by atoms with E-state index in [4.69, 9.17) is 5.26 Å². The highest BCUT2D eigenvalue weighted by molar-refractivity contribution is 6.08. The van der Waals surface area contributed by atoms with Gasteiger partial charge in [-0.3, -0.25) is 14.9 Å². The molecule has 2 aromatic carbocycles. The van der Waals surface area contributed by atoms with Crippen LogP contribution in [0.4, 0.5) is 11.4 Å². The van der Waals surface area contributed by atoms with Crippen molar-refractivity contribution in [2.24, 2.45) is 0 Å². The molecule has 0 radical (unpaired) electrons. The molecule has 104 valence electrons. The van der Waals surface area contributed by atoms with E-state index < -0.39 is 10.8 Å². The fraction of sp³-hybridized carbons (Fsp3) is 0.0667. The van der Waals surface area contributed by atoms with Crippen LogP contribution in [0, 0.1) is 28.4 Å². The molecule has 0 aliphatic rings. The summed E-state index contributed by atoms with van der Waals surface area (Å²) in [6, 6.07) is 12.8. The van der Waals surface area contributed by atoms with Gasteiger partial charge < -0.3 is 5.32 Å². The highest BCUT2D eigenvalue weighted by atomic mass is 16.6. The van der Waals surface area contributed by atoms with E-state index in [1.54, 1.807) is 31.2 Å². The van der Waals surface area contributed by atoms with Crippen LogP contribution in [0.5, 0.6) is 0 Å². The van der Waals surface area contributed by atoms with Gasteiger partial charge in [-0.25, -0.2) is 0 Å². The minimum Gasteiger partial charge on any atom is -0.322 e. The number of benzene rings is 2. The number of anilines is 1. The van der Waals surface area contributed by atoms with Gasteiger partial charge in [0.1, 0.15) is 5.56 Å². The maximum atomic E-state index is 12.3. The molecule has 0 bridgehead atoms. The number of aryl methyl sites for hydroxylation is 1. The van der Waals surface area contributed by atoms with Gasteiger partial charge in [-0.2, -0.15) is 5.26 Å². The molecule has 6 heteroatoms. The highest BCUT2D eigenvalue weighted by Gasteiger charge is 2.22. The maximum Gasteiger partial charge on any atom is 0.282 e. The van der Waals surface area contributed by atoms with Gasteiger partial charge in [0, 0.05) is 11.8 Å². The second kappa shape index (κ2) is 5.84. The molecule has 1 N–H and O–H groups in total. The molecule has 0 unspecified atom stereocenters. The Morgan fingerprint density at radius 2 is 2.00 bits per heavy atom. The lowest BCUT2D eigenvalue weighted by molar-refractivity contribution is -0.385. The summed E-state index contributed by atoms with van der Waals surface area (Å²) in [5.41, 5.74) is 1.09. The van der Waals surface area contributed by atoms with E-state index in [0.717, 1.165) is 0 Å². The molecule has 2 aromatic rings. The molecule has 6 nitrogen and oxygen atoms in total. The lowest BCUT2D eigenvalue weighted by atomic mass is 10.1. The Morgan fingerprint density at radius 1 is 1.29 bits per heavy atom. The summed E-state index contributed by atoms with van der Waals surface area (Å²) in [5, 5.41) is 22.4. The number of nitro groups is 1. The van der Waals surface area contributed by atoms with Crippen molar-refractivity contribution in [2.75, 3.05) is 5.32 Å². The number of nitro benzene ring substituents is 1. The number of nitrogens with zero attached hydrogens (tertiary/aromatic N) is 2. The fourth-order valence-corrected chi connectivity index (χ4v) is 1.96. The first kappa shape index (κ1) is 14.2. The Balaban J connectivity index is 2.37. The van der Waals surface area contributed by atoms with Crippen molar-refractivity contribution in [3.63, 3.8) is 0 Å². The van der Waals surface area contributed by atoms with Crippen LogP contribution in [0.25, 0.3) is 0 Å². The van der Waals surface area contributed by atoms with E-state index in [0.29, 0.717) is 16.8 Å². The van der Waals surface area contributed by atoms with E-state index in [-0.39, 0.29) is 11.3 Å². The first-order chi connectivity index (χ1) is 10.0. The minimum absolute atomic E-state index is 0.0184. The van der Waals surface area contributed by atoms with Crippen LogP contribution in [0.15, 0.2) is 42.5 Å². The third kappa shape index (κ3) is 3.04. The Kier molecular flexibility index (Phi) is 3.95. The first-order valence-corrected chi connectivity index (χ1v) is 6.08. The Hall–Kier alpha value is -3.20. The standard InChI is InChI=1S/C15H11N3O3/c1-10-4-2-7-13(18(20)21)14(10)15(19)17-12-6-3-5-11(8-12)9-16/h2-8H,1H3,(H,17,19). The molecule has 0 saturated heterocycles. The summed E-state index contributed by atoms with van der Waals surface area (Å²) >= 11 is 0. The van der Waals surface area contributed by atoms with Crippen molar-refractivity contribution in [1.82, 2.24) is 0 Å². The van der Waals surface area contributed by atoms with Crippen molar-refractivity contribution in [2.45, 2.75) is 6.92 Å². The molecule has 0 spiro atoms. The molecular formula is C15H11N3O3. The average molecular weight is 281 g/mol. The number of carbonyl (C=O) groups excluding carboxylic acids is 1. The molecule has 0 fully saturated rings. The summed E-state index contributed by atoms with van der Waals surface area (Å²) in [5.74, 6) is -0.574. The molecule has 21 heavy (non-hydrogen) atoms. The van der Waals surface area contributed by atoms with Crippen molar-refractivity contribution in [3.8, 4) is 6.07 Å². The molecule has 0 atom stereocenters. The minimum atomic E-state index is -0.590. The Morgan fingerprint density at radius 3 is 2.67 bits per heavy atom. The zero-order valence-electron chi connectivity index (χ0n) is 11.2. The van der Waals surface area contributed by atoms with Crippen molar-refractivity contribution in [1.29, 1.82) is 5.26 Å². The predicted molar refractivity (Wildman–Crippen MR) is 76.9 cm³/mol. The second-order valence-corrected chi connectivity index (χ2v) is 4.37. The number of nitriles is 1. The number of carbonyl (C=O) groups is 1. The van der Waals surface area contributed by atoms with E-state index >= 15 is 0 Å². The van der Waals surface area contributed by atoms with Crippen LogP contribution in [-0.2, 0) is 0 Å². The average Bonchev–Trinajstić information content (AvgIpc) is 2.46.